The molecule has 0 radical (unpaired) electrons. The predicted octanol–water partition coefficient (Wildman–Crippen LogP) is 3.38. The Balaban J connectivity index is 1.36. The third-order valence-corrected chi connectivity index (χ3v) is 5.56. The number of piperidine rings is 1. The Bertz CT molecular complexity index is 912. The maximum Gasteiger partial charge on any atom is 0.128 e. The Labute approximate surface area is 160 Å². The van der Waals surface area contributed by atoms with Crippen LogP contribution in [-0.4, -0.2) is 42.5 Å². The van der Waals surface area contributed by atoms with Crippen molar-refractivity contribution in [3.05, 3.63) is 53.7 Å². The van der Waals surface area contributed by atoms with Crippen LogP contribution in [-0.2, 0) is 0 Å². The molecule has 1 aromatic carbocycles. The first-order chi connectivity index (χ1) is 13.1. The molecule has 0 saturated carbocycles. The number of hydrogen-bond donors (Lipinski definition) is 2. The summed E-state index contributed by atoms with van der Waals surface area (Å²) in [6.45, 7) is 7.16. The summed E-state index contributed by atoms with van der Waals surface area (Å²) in [5.41, 5.74) is 5.90. The molecule has 5 heterocycles. The molecule has 5 heteroatoms. The first kappa shape index (κ1) is 16.5. The fourth-order valence-corrected chi connectivity index (χ4v) is 4.22. The average Bonchev–Trinajstić information content (AvgIpc) is 3.05. The number of pyridine rings is 1. The number of benzene rings is 1. The number of rotatable bonds is 3. The lowest BCUT2D eigenvalue weighted by Gasteiger charge is -2.48. The van der Waals surface area contributed by atoms with Gasteiger partial charge in [-0.25, -0.2) is 4.98 Å². The van der Waals surface area contributed by atoms with Gasteiger partial charge in [0.05, 0.1) is 6.54 Å². The second-order valence-corrected chi connectivity index (χ2v) is 8.01. The molecular weight excluding hydrogens is 334 g/mol. The minimum Gasteiger partial charge on any atom is -0.353 e. The number of nitrogens with one attached hydrogen (secondary N) is 2. The summed E-state index contributed by atoms with van der Waals surface area (Å²) < 4.78 is 0. The Morgan fingerprint density at radius 2 is 1.89 bits per heavy atom. The van der Waals surface area contributed by atoms with Crippen LogP contribution in [0.3, 0.4) is 0 Å². The van der Waals surface area contributed by atoms with E-state index in [4.69, 9.17) is 4.98 Å². The Morgan fingerprint density at radius 1 is 1.07 bits per heavy atom. The first-order valence-corrected chi connectivity index (χ1v) is 9.70. The van der Waals surface area contributed by atoms with Crippen LogP contribution in [0.5, 0.6) is 0 Å². The Kier molecular flexibility index (Phi) is 3.97. The van der Waals surface area contributed by atoms with E-state index in [1.165, 1.54) is 23.1 Å². The molecule has 0 spiro atoms. The molecule has 0 aliphatic carbocycles. The predicted molar refractivity (Wildman–Crippen MR) is 112 cm³/mol. The number of aromatic nitrogens is 1. The maximum absolute atomic E-state index is 4.75. The van der Waals surface area contributed by atoms with Crippen LogP contribution in [0.25, 0.3) is 11.1 Å². The van der Waals surface area contributed by atoms with E-state index < -0.39 is 0 Å². The van der Waals surface area contributed by atoms with Gasteiger partial charge >= 0.3 is 0 Å². The zero-order valence-electron chi connectivity index (χ0n) is 15.9. The number of hydrogen-bond acceptors (Lipinski definition) is 5. The van der Waals surface area contributed by atoms with Gasteiger partial charge in [0.2, 0.25) is 0 Å². The number of aliphatic imine (C=N–C) groups is 1. The highest BCUT2D eigenvalue weighted by atomic mass is 15.3. The molecular formula is C22H25N5. The van der Waals surface area contributed by atoms with Crippen LogP contribution >= 0.6 is 0 Å². The van der Waals surface area contributed by atoms with Crippen molar-refractivity contribution in [2.75, 3.05) is 29.9 Å². The molecule has 6 rings (SSSR count). The fourth-order valence-electron chi connectivity index (χ4n) is 4.22. The molecule has 5 nitrogen and oxygen atoms in total. The van der Waals surface area contributed by atoms with E-state index in [0.29, 0.717) is 12.1 Å². The molecule has 4 aliphatic rings. The van der Waals surface area contributed by atoms with Crippen molar-refractivity contribution in [1.29, 1.82) is 0 Å². The van der Waals surface area contributed by atoms with Crippen molar-refractivity contribution in [2.24, 2.45) is 4.99 Å². The van der Waals surface area contributed by atoms with Gasteiger partial charge in [0, 0.05) is 42.6 Å². The van der Waals surface area contributed by atoms with Crippen LogP contribution in [0.4, 0.5) is 11.5 Å². The lowest BCUT2D eigenvalue weighted by atomic mass is 9.91. The Hall–Kier alpha value is -2.66. The standard InChI is InChI=1S/C22H25N5/c1-14-5-17(8-18(6-14)26-21-7-15(2)10-23-21)16-3-4-22(24-11-16)27-12-19-9-20(13-27)25-19/h3-8,11,19-20,25H,9-10,12-13H2,1-2H3,(H,23,26). The third kappa shape index (κ3) is 3.35. The number of anilines is 2. The van der Waals surface area contributed by atoms with Gasteiger partial charge in [0.15, 0.2) is 0 Å². The molecule has 2 bridgehead atoms. The van der Waals surface area contributed by atoms with E-state index in [-0.39, 0.29) is 0 Å². The SMILES string of the molecule is CC1=CC(Nc2cc(C)cc(-c3ccc(N4CC5CC(C4)N5)nc3)c2)=NC1. The molecule has 0 amide bonds. The number of nitrogens with zero attached hydrogens (tertiary/aromatic N) is 3. The summed E-state index contributed by atoms with van der Waals surface area (Å²) in [6, 6.07) is 12.2. The molecule has 2 aromatic rings. The number of piperazine rings is 1. The minimum atomic E-state index is 0.645. The summed E-state index contributed by atoms with van der Waals surface area (Å²) >= 11 is 0. The lowest BCUT2D eigenvalue weighted by Crippen LogP contribution is -2.67. The number of amidine groups is 1. The zero-order valence-corrected chi connectivity index (χ0v) is 15.9. The minimum absolute atomic E-state index is 0.645. The molecule has 27 heavy (non-hydrogen) atoms. The second kappa shape index (κ2) is 6.50. The van der Waals surface area contributed by atoms with Crippen molar-refractivity contribution in [3.8, 4) is 11.1 Å². The first-order valence-electron chi connectivity index (χ1n) is 9.70. The summed E-state index contributed by atoms with van der Waals surface area (Å²) in [5.74, 6) is 2.02. The van der Waals surface area contributed by atoms with Crippen LogP contribution in [0.2, 0.25) is 0 Å². The average molecular weight is 359 g/mol. The van der Waals surface area contributed by atoms with Gasteiger partial charge in [-0.15, -0.1) is 0 Å². The smallest absolute Gasteiger partial charge is 0.128 e. The highest BCUT2D eigenvalue weighted by molar-refractivity contribution is 6.05. The van der Waals surface area contributed by atoms with Crippen LogP contribution < -0.4 is 15.5 Å². The second-order valence-electron chi connectivity index (χ2n) is 8.01. The zero-order chi connectivity index (χ0) is 18.4. The molecule has 2 atom stereocenters. The van der Waals surface area contributed by atoms with Gasteiger partial charge in [-0.1, -0.05) is 6.07 Å². The van der Waals surface area contributed by atoms with Gasteiger partial charge < -0.3 is 15.5 Å². The van der Waals surface area contributed by atoms with Gasteiger partial charge in [-0.3, -0.25) is 4.99 Å². The van der Waals surface area contributed by atoms with E-state index >= 15 is 0 Å². The van der Waals surface area contributed by atoms with E-state index in [1.54, 1.807) is 0 Å². The number of aryl methyl sites for hydroxylation is 1. The molecule has 4 aliphatic heterocycles. The van der Waals surface area contributed by atoms with Crippen molar-refractivity contribution in [1.82, 2.24) is 10.3 Å². The molecule has 3 fully saturated rings. The van der Waals surface area contributed by atoms with Crippen LogP contribution in [0.15, 0.2) is 53.2 Å². The van der Waals surface area contributed by atoms with Crippen molar-refractivity contribution < 1.29 is 0 Å². The topological polar surface area (TPSA) is 52.5 Å². The lowest BCUT2D eigenvalue weighted by molar-refractivity contribution is 0.225. The summed E-state index contributed by atoms with van der Waals surface area (Å²) in [7, 11) is 0. The van der Waals surface area contributed by atoms with Gasteiger partial charge in [-0.2, -0.15) is 0 Å². The van der Waals surface area contributed by atoms with Crippen molar-refractivity contribution in [3.63, 3.8) is 0 Å². The fraction of sp³-hybridized carbons (Fsp3) is 0.364. The highest BCUT2D eigenvalue weighted by Crippen LogP contribution is 2.28. The van der Waals surface area contributed by atoms with Crippen LogP contribution in [0, 0.1) is 6.92 Å². The third-order valence-electron chi connectivity index (χ3n) is 5.56. The molecule has 2 N–H and O–H groups in total. The van der Waals surface area contributed by atoms with Gasteiger partial charge in [-0.05, 0) is 67.3 Å². The maximum atomic E-state index is 4.75. The normalized spacial score (nSPS) is 23.6. The molecule has 2 unspecified atom stereocenters. The number of fused-ring (bicyclic) bond motifs is 2. The summed E-state index contributed by atoms with van der Waals surface area (Å²) in [6.07, 6.45) is 5.42. The quantitative estimate of drug-likeness (QED) is 0.882. The van der Waals surface area contributed by atoms with Crippen LogP contribution in [0.1, 0.15) is 18.9 Å². The Morgan fingerprint density at radius 3 is 2.56 bits per heavy atom. The highest BCUT2D eigenvalue weighted by Gasteiger charge is 2.36. The van der Waals surface area contributed by atoms with Crippen molar-refractivity contribution in [2.45, 2.75) is 32.4 Å². The molecule has 3 saturated heterocycles. The van der Waals surface area contributed by atoms with E-state index in [9.17, 15) is 0 Å². The largest absolute Gasteiger partial charge is 0.353 e. The summed E-state index contributed by atoms with van der Waals surface area (Å²) in [5, 5.41) is 7.00. The van der Waals surface area contributed by atoms with E-state index in [2.05, 4.69) is 70.8 Å². The van der Waals surface area contributed by atoms with E-state index in [0.717, 1.165) is 42.5 Å². The molecule has 138 valence electrons. The van der Waals surface area contributed by atoms with E-state index in [1.807, 2.05) is 6.20 Å². The van der Waals surface area contributed by atoms with Gasteiger partial charge in [0.25, 0.3) is 0 Å². The monoisotopic (exact) mass is 359 g/mol. The van der Waals surface area contributed by atoms with Gasteiger partial charge in [0.1, 0.15) is 11.7 Å². The summed E-state index contributed by atoms with van der Waals surface area (Å²) in [4.78, 5) is 11.7. The van der Waals surface area contributed by atoms with Crippen molar-refractivity contribution >= 4 is 17.3 Å². The molecule has 1 aromatic heterocycles.